The molecule has 10 heavy (non-hydrogen) atoms. The Hall–Kier alpha value is 2.82. The Morgan fingerprint density at radius 3 is 0.700 bits per heavy atom. The van der Waals surface area contributed by atoms with E-state index in [1.54, 1.807) is 0 Å². The fraction of sp³-hybridized carbons (Fsp3) is 0. The average Bonchev–Trinajstić information content (AvgIpc) is 1.25. The first kappa shape index (κ1) is 23.0. The molecule has 52 valence electrons. The summed E-state index contributed by atoms with van der Waals surface area (Å²) in [6, 6.07) is 0. The topological polar surface area (TPSA) is 126 Å². The molecule has 0 saturated heterocycles. The van der Waals surface area contributed by atoms with E-state index in [4.69, 9.17) is 28.7 Å². The molecule has 0 amide bonds. The molecule has 0 saturated carbocycles. The Balaban J connectivity index is -0.0000000300. The van der Waals surface area contributed by atoms with E-state index in [-0.39, 0.29) is 75.5 Å². The van der Waals surface area contributed by atoms with Gasteiger partial charge in [-0.3, -0.25) is 0 Å². The molecule has 0 atom stereocenters. The Kier molecular flexibility index (Phi) is 41.0. The van der Waals surface area contributed by atoms with Gasteiger partial charge in [-0.25, -0.2) is 0 Å². The van der Waals surface area contributed by atoms with E-state index in [2.05, 4.69) is 0 Å². The Morgan fingerprint density at radius 1 is 0.700 bits per heavy atom. The zero-order valence-corrected chi connectivity index (χ0v) is 11.3. The molecule has 6 nitrogen and oxygen atoms in total. The van der Waals surface area contributed by atoms with Crippen molar-refractivity contribution >= 4 is 92.0 Å². The van der Waals surface area contributed by atoms with Crippen LogP contribution in [0.25, 0.3) is 0 Å². The zero-order chi connectivity index (χ0) is 7.15. The van der Waals surface area contributed by atoms with Crippen LogP contribution in [-0.4, -0.2) is 75.5 Å². The first-order valence-electron chi connectivity index (χ1n) is 1.22. The molecule has 0 aliphatic rings. The quantitative estimate of drug-likeness (QED) is 0.310. The van der Waals surface area contributed by atoms with Gasteiger partial charge in [-0.05, 0) is 0 Å². The Bertz CT molecular complexity index is 71.7. The van der Waals surface area contributed by atoms with Crippen molar-refractivity contribution < 1.29 is 28.7 Å². The van der Waals surface area contributed by atoms with Crippen LogP contribution in [-0.2, 0) is 9.13 Å². The molecule has 0 unspecified atom stereocenters. The molecule has 0 aromatic rings. The second-order valence-corrected chi connectivity index (χ2v) is 1.50. The van der Waals surface area contributed by atoms with Gasteiger partial charge >= 0.3 is 75.5 Å². The van der Waals surface area contributed by atoms with E-state index < -0.39 is 16.5 Å². The largest absolute Gasteiger partial charge is 2.00 e. The third kappa shape index (κ3) is 131. The van der Waals surface area contributed by atoms with Crippen molar-refractivity contribution in [2.24, 2.45) is 0 Å². The molecule has 0 aliphatic heterocycles. The van der Waals surface area contributed by atoms with Crippen LogP contribution in [0.4, 0.5) is 0 Å². The van der Waals surface area contributed by atoms with Crippen LogP contribution in [0, 0.1) is 0 Å². The van der Waals surface area contributed by atoms with E-state index in [0.717, 1.165) is 0 Å². The van der Waals surface area contributed by atoms with E-state index in [9.17, 15) is 0 Å². The van der Waals surface area contributed by atoms with Crippen molar-refractivity contribution in [2.45, 2.75) is 0 Å². The van der Waals surface area contributed by atoms with Gasteiger partial charge in [0, 0.05) is 0 Å². The van der Waals surface area contributed by atoms with Crippen molar-refractivity contribution in [2.75, 3.05) is 0 Å². The van der Waals surface area contributed by atoms with E-state index in [1.165, 1.54) is 0 Å². The number of hydrogen-bond donors (Lipinski definition) is 0. The van der Waals surface area contributed by atoms with Crippen molar-refractivity contribution in [1.82, 2.24) is 0 Å². The van der Waals surface area contributed by atoms with E-state index in [1.807, 2.05) is 0 Å². The number of hydrogen-bond acceptors (Lipinski definition) is 6. The third-order valence-electron chi connectivity index (χ3n) is 0. The maximum atomic E-state index is 8.52. The maximum absolute atomic E-state index is 8.52. The van der Waals surface area contributed by atoms with Gasteiger partial charge in [0.2, 0.25) is 0 Å². The van der Waals surface area contributed by atoms with Crippen LogP contribution in [0.3, 0.4) is 0 Å². The standard InChI is InChI=1S/2Ca.2H3O3P/c;;2*1-4(2)3/h;;2*4H,(H2,1,2,3)/q2*+2;;/p-4. The van der Waals surface area contributed by atoms with Crippen LogP contribution in [0.5, 0.6) is 0 Å². The average molecular weight is 240 g/mol. The molecule has 0 heterocycles. The van der Waals surface area contributed by atoms with Gasteiger partial charge in [-0.15, -0.1) is 0 Å². The molecular weight excluding hydrogens is 238 g/mol. The molecule has 0 rings (SSSR count). The minimum Gasteiger partial charge on any atom is -0.813 e. The minimum absolute atomic E-state index is 0. The van der Waals surface area contributed by atoms with Crippen molar-refractivity contribution in [1.29, 1.82) is 0 Å². The summed E-state index contributed by atoms with van der Waals surface area (Å²) >= 11 is 0. The smallest absolute Gasteiger partial charge is 0.813 e. The molecular formula is H2Ca2O6P2. The molecule has 10 heteroatoms. The third-order valence-corrected chi connectivity index (χ3v) is 0. The van der Waals surface area contributed by atoms with Crippen LogP contribution in [0.15, 0.2) is 0 Å². The maximum Gasteiger partial charge on any atom is 2.00 e. The summed E-state index contributed by atoms with van der Waals surface area (Å²) in [6.45, 7) is 0. The van der Waals surface area contributed by atoms with Crippen LogP contribution >= 0.6 is 16.5 Å². The summed E-state index contributed by atoms with van der Waals surface area (Å²) < 4.78 is 17.0. The van der Waals surface area contributed by atoms with Gasteiger partial charge in [0.05, 0.1) is 0 Å². The summed E-state index contributed by atoms with van der Waals surface area (Å²) in [4.78, 5) is 34.1. The molecule has 0 radical (unpaired) electrons. The summed E-state index contributed by atoms with van der Waals surface area (Å²) in [7, 11) is -7.26. The molecule has 0 fully saturated rings. The Morgan fingerprint density at radius 2 is 0.700 bits per heavy atom. The molecule has 0 spiro atoms. The second kappa shape index (κ2) is 17.8. The normalized spacial score (nSPS) is 7.00. The fourth-order valence-corrected chi connectivity index (χ4v) is 0. The Labute approximate surface area is 119 Å². The summed E-state index contributed by atoms with van der Waals surface area (Å²) in [5.74, 6) is 0. The van der Waals surface area contributed by atoms with Crippen LogP contribution in [0.1, 0.15) is 0 Å². The zero-order valence-electron chi connectivity index (χ0n) is 4.86. The predicted octanol–water partition coefficient (Wildman–Crippen LogP) is -4.57. The van der Waals surface area contributed by atoms with Gasteiger partial charge in [0.25, 0.3) is 0 Å². The van der Waals surface area contributed by atoms with Gasteiger partial charge in [-0.1, -0.05) is 16.5 Å². The molecule has 0 aromatic heterocycles. The first-order chi connectivity index (χ1) is 3.46. The van der Waals surface area contributed by atoms with E-state index >= 15 is 0 Å². The monoisotopic (exact) mass is 240 g/mol. The van der Waals surface area contributed by atoms with Crippen molar-refractivity contribution in [3.05, 3.63) is 0 Å². The van der Waals surface area contributed by atoms with Gasteiger partial charge < -0.3 is 28.7 Å². The van der Waals surface area contributed by atoms with Crippen LogP contribution < -0.4 is 19.6 Å². The second-order valence-electron chi connectivity index (χ2n) is 0.500. The summed E-state index contributed by atoms with van der Waals surface area (Å²) in [6.07, 6.45) is 0. The molecule has 0 aliphatic carbocycles. The summed E-state index contributed by atoms with van der Waals surface area (Å²) in [5.41, 5.74) is 0. The summed E-state index contributed by atoms with van der Waals surface area (Å²) in [5, 5.41) is 0. The van der Waals surface area contributed by atoms with Gasteiger partial charge in [0.15, 0.2) is 0 Å². The first-order valence-corrected chi connectivity index (χ1v) is 3.67. The molecule has 0 bridgehead atoms. The predicted molar refractivity (Wildman–Crippen MR) is 29.5 cm³/mol. The van der Waals surface area contributed by atoms with Crippen LogP contribution in [0.2, 0.25) is 0 Å². The van der Waals surface area contributed by atoms with E-state index in [0.29, 0.717) is 0 Å². The van der Waals surface area contributed by atoms with Crippen molar-refractivity contribution in [3.8, 4) is 0 Å². The SMILES string of the molecule is O=[PH]([O-])[O-].O=[PH]([O-])[O-].[Ca+2].[Ca+2]. The minimum atomic E-state index is -3.63. The molecule has 0 N–H and O–H groups in total. The van der Waals surface area contributed by atoms with Gasteiger partial charge in [0.1, 0.15) is 0 Å². The van der Waals surface area contributed by atoms with Gasteiger partial charge in [-0.2, -0.15) is 0 Å². The molecule has 0 aromatic carbocycles. The fourth-order valence-electron chi connectivity index (χ4n) is 0. The van der Waals surface area contributed by atoms with Crippen molar-refractivity contribution in [3.63, 3.8) is 0 Å². The number of rotatable bonds is 0.